The van der Waals surface area contributed by atoms with E-state index in [9.17, 15) is 0 Å². The Bertz CT molecular complexity index is 301. The molecule has 1 atom stereocenters. The minimum Gasteiger partial charge on any atom is -0.367 e. The van der Waals surface area contributed by atoms with E-state index >= 15 is 0 Å². The van der Waals surface area contributed by atoms with Gasteiger partial charge in [0, 0.05) is 16.7 Å². The lowest BCUT2D eigenvalue weighted by Crippen LogP contribution is -2.20. The monoisotopic (exact) mass is 257 g/mol. The predicted molar refractivity (Wildman–Crippen MR) is 63.4 cm³/mol. The quantitative estimate of drug-likeness (QED) is 0.871. The van der Waals surface area contributed by atoms with Gasteiger partial charge in [0.05, 0.1) is 0 Å². The first kappa shape index (κ1) is 11.5. The van der Waals surface area contributed by atoms with E-state index in [0.717, 1.165) is 22.3 Å². The molecule has 0 aromatic carbocycles. The SMILES string of the molecule is Cc1cc(Br)cnc1NC(C)CCN. The van der Waals surface area contributed by atoms with Crippen molar-refractivity contribution in [2.24, 2.45) is 5.73 Å². The van der Waals surface area contributed by atoms with E-state index in [0.29, 0.717) is 12.6 Å². The Morgan fingerprint density at radius 2 is 2.36 bits per heavy atom. The summed E-state index contributed by atoms with van der Waals surface area (Å²) in [5.41, 5.74) is 6.62. The third kappa shape index (κ3) is 3.27. The molecule has 3 nitrogen and oxygen atoms in total. The molecule has 1 aromatic rings. The van der Waals surface area contributed by atoms with Gasteiger partial charge in [-0.15, -0.1) is 0 Å². The number of hydrogen-bond donors (Lipinski definition) is 2. The fourth-order valence-electron chi connectivity index (χ4n) is 1.25. The van der Waals surface area contributed by atoms with Gasteiger partial charge in [-0.2, -0.15) is 0 Å². The molecule has 3 N–H and O–H groups in total. The lowest BCUT2D eigenvalue weighted by molar-refractivity contribution is 0.712. The predicted octanol–water partition coefficient (Wildman–Crippen LogP) is 2.30. The molecule has 1 unspecified atom stereocenters. The Hall–Kier alpha value is -0.610. The number of hydrogen-bond acceptors (Lipinski definition) is 3. The summed E-state index contributed by atoms with van der Waals surface area (Å²) in [6.07, 6.45) is 2.75. The number of pyridine rings is 1. The maximum atomic E-state index is 5.48. The zero-order valence-corrected chi connectivity index (χ0v) is 10.1. The molecule has 1 rings (SSSR count). The summed E-state index contributed by atoms with van der Waals surface area (Å²) in [6.45, 7) is 4.84. The number of nitrogens with one attached hydrogen (secondary N) is 1. The van der Waals surface area contributed by atoms with Crippen LogP contribution < -0.4 is 11.1 Å². The highest BCUT2D eigenvalue weighted by Gasteiger charge is 2.04. The van der Waals surface area contributed by atoms with Crippen molar-refractivity contribution < 1.29 is 0 Å². The van der Waals surface area contributed by atoms with Gasteiger partial charge in [0.25, 0.3) is 0 Å². The van der Waals surface area contributed by atoms with Gasteiger partial charge in [-0.05, 0) is 54.4 Å². The van der Waals surface area contributed by atoms with Crippen LogP contribution in [0.4, 0.5) is 5.82 Å². The molecule has 1 heterocycles. The molecule has 0 saturated heterocycles. The van der Waals surface area contributed by atoms with Gasteiger partial charge in [-0.25, -0.2) is 4.98 Å². The summed E-state index contributed by atoms with van der Waals surface area (Å²) >= 11 is 3.38. The maximum Gasteiger partial charge on any atom is 0.129 e. The Labute approximate surface area is 93.2 Å². The first-order chi connectivity index (χ1) is 6.63. The molecule has 0 bridgehead atoms. The number of aromatic nitrogens is 1. The number of rotatable bonds is 4. The second-order valence-electron chi connectivity index (χ2n) is 3.44. The zero-order valence-electron chi connectivity index (χ0n) is 8.55. The second kappa shape index (κ2) is 5.32. The smallest absolute Gasteiger partial charge is 0.129 e. The number of nitrogens with zero attached hydrogens (tertiary/aromatic N) is 1. The van der Waals surface area contributed by atoms with Crippen molar-refractivity contribution in [2.45, 2.75) is 26.3 Å². The standard InChI is InChI=1S/C10H16BrN3/c1-7-5-9(11)6-13-10(7)14-8(2)3-4-12/h5-6,8H,3-4,12H2,1-2H3,(H,13,14). The van der Waals surface area contributed by atoms with Gasteiger partial charge < -0.3 is 11.1 Å². The molecule has 0 aliphatic rings. The Kier molecular flexibility index (Phi) is 4.35. The molecule has 0 fully saturated rings. The Morgan fingerprint density at radius 3 is 2.93 bits per heavy atom. The molecule has 78 valence electrons. The third-order valence-electron chi connectivity index (χ3n) is 2.03. The minimum atomic E-state index is 0.368. The van der Waals surface area contributed by atoms with Crippen LogP contribution in [0.3, 0.4) is 0 Å². The van der Waals surface area contributed by atoms with Crippen LogP contribution in [0.25, 0.3) is 0 Å². The first-order valence-corrected chi connectivity index (χ1v) is 5.51. The molecular weight excluding hydrogens is 242 g/mol. The van der Waals surface area contributed by atoms with Crippen LogP contribution in [0.5, 0.6) is 0 Å². The summed E-state index contributed by atoms with van der Waals surface area (Å²) in [5.74, 6) is 0.939. The van der Waals surface area contributed by atoms with E-state index < -0.39 is 0 Å². The van der Waals surface area contributed by atoms with Crippen molar-refractivity contribution in [3.8, 4) is 0 Å². The van der Waals surface area contributed by atoms with Gasteiger partial charge in [-0.3, -0.25) is 0 Å². The van der Waals surface area contributed by atoms with Gasteiger partial charge in [0.15, 0.2) is 0 Å². The highest BCUT2D eigenvalue weighted by atomic mass is 79.9. The number of aryl methyl sites for hydroxylation is 1. The van der Waals surface area contributed by atoms with Crippen LogP contribution in [-0.4, -0.2) is 17.6 Å². The summed E-state index contributed by atoms with van der Waals surface area (Å²) in [5, 5.41) is 3.33. The molecule has 0 spiro atoms. The largest absolute Gasteiger partial charge is 0.367 e. The molecule has 0 aliphatic heterocycles. The van der Waals surface area contributed by atoms with Crippen molar-refractivity contribution >= 4 is 21.7 Å². The Morgan fingerprint density at radius 1 is 1.64 bits per heavy atom. The molecule has 14 heavy (non-hydrogen) atoms. The van der Waals surface area contributed by atoms with Crippen LogP contribution in [0.1, 0.15) is 18.9 Å². The van der Waals surface area contributed by atoms with Gasteiger partial charge >= 0.3 is 0 Å². The van der Waals surface area contributed by atoms with Crippen molar-refractivity contribution in [3.05, 3.63) is 22.3 Å². The van der Waals surface area contributed by atoms with E-state index in [1.54, 1.807) is 6.20 Å². The number of anilines is 1. The molecule has 4 heteroatoms. The highest BCUT2D eigenvalue weighted by Crippen LogP contribution is 2.17. The number of nitrogens with two attached hydrogens (primary N) is 1. The first-order valence-electron chi connectivity index (χ1n) is 4.72. The number of halogens is 1. The van der Waals surface area contributed by atoms with Crippen LogP contribution in [-0.2, 0) is 0 Å². The van der Waals surface area contributed by atoms with Crippen molar-refractivity contribution in [2.75, 3.05) is 11.9 Å². The van der Waals surface area contributed by atoms with E-state index in [4.69, 9.17) is 5.73 Å². The van der Waals surface area contributed by atoms with E-state index in [1.165, 1.54) is 0 Å². The minimum absolute atomic E-state index is 0.368. The average molecular weight is 258 g/mol. The molecular formula is C10H16BrN3. The van der Waals surface area contributed by atoms with Gasteiger partial charge in [0.2, 0.25) is 0 Å². The topological polar surface area (TPSA) is 50.9 Å². The zero-order chi connectivity index (χ0) is 10.6. The van der Waals surface area contributed by atoms with E-state index in [-0.39, 0.29) is 0 Å². The highest BCUT2D eigenvalue weighted by molar-refractivity contribution is 9.10. The maximum absolute atomic E-state index is 5.48. The molecule has 0 aliphatic carbocycles. The molecule has 0 saturated carbocycles. The van der Waals surface area contributed by atoms with Crippen LogP contribution in [0, 0.1) is 6.92 Å². The van der Waals surface area contributed by atoms with E-state index in [1.807, 2.05) is 13.0 Å². The lowest BCUT2D eigenvalue weighted by atomic mass is 10.2. The molecule has 0 amide bonds. The molecule has 0 radical (unpaired) electrons. The normalized spacial score (nSPS) is 12.6. The van der Waals surface area contributed by atoms with Crippen molar-refractivity contribution in [3.63, 3.8) is 0 Å². The fraction of sp³-hybridized carbons (Fsp3) is 0.500. The van der Waals surface area contributed by atoms with Crippen LogP contribution in [0.15, 0.2) is 16.7 Å². The van der Waals surface area contributed by atoms with Crippen LogP contribution in [0.2, 0.25) is 0 Å². The summed E-state index contributed by atoms with van der Waals surface area (Å²) < 4.78 is 1.01. The Balaban J connectivity index is 2.67. The van der Waals surface area contributed by atoms with Crippen molar-refractivity contribution in [1.82, 2.24) is 4.98 Å². The lowest BCUT2D eigenvalue weighted by Gasteiger charge is -2.15. The summed E-state index contributed by atoms with van der Waals surface area (Å²) in [7, 11) is 0. The van der Waals surface area contributed by atoms with Gasteiger partial charge in [0.1, 0.15) is 5.82 Å². The summed E-state index contributed by atoms with van der Waals surface area (Å²) in [6, 6.07) is 2.41. The summed E-state index contributed by atoms with van der Waals surface area (Å²) in [4.78, 5) is 4.30. The fourth-order valence-corrected chi connectivity index (χ4v) is 1.69. The average Bonchev–Trinajstić information content (AvgIpc) is 2.10. The van der Waals surface area contributed by atoms with Crippen molar-refractivity contribution in [1.29, 1.82) is 0 Å². The molecule has 1 aromatic heterocycles. The van der Waals surface area contributed by atoms with Gasteiger partial charge in [-0.1, -0.05) is 0 Å². The second-order valence-corrected chi connectivity index (χ2v) is 4.36. The van der Waals surface area contributed by atoms with E-state index in [2.05, 4.69) is 33.2 Å². The van der Waals surface area contributed by atoms with Crippen LogP contribution >= 0.6 is 15.9 Å². The third-order valence-corrected chi connectivity index (χ3v) is 2.46.